The fourth-order valence-electron chi connectivity index (χ4n) is 2.24. The molecule has 0 amide bonds. The van der Waals surface area contributed by atoms with Gasteiger partial charge in [0, 0.05) is 0 Å². The molecule has 20 heavy (non-hydrogen) atoms. The van der Waals surface area contributed by atoms with Crippen molar-refractivity contribution < 1.29 is 22.7 Å². The lowest BCUT2D eigenvalue weighted by atomic mass is 9.77. The predicted molar refractivity (Wildman–Crippen MR) is 68.9 cm³/mol. The zero-order valence-corrected chi connectivity index (χ0v) is 11.3. The number of halogens is 5. The fourth-order valence-corrected chi connectivity index (χ4v) is 2.24. The number of hydrogen-bond acceptors (Lipinski definition) is 2. The molecular formula is C13H16ClF4NO. The summed E-state index contributed by atoms with van der Waals surface area (Å²) in [5.74, 6) is -1.01. The maximum absolute atomic E-state index is 13.2. The van der Waals surface area contributed by atoms with Crippen molar-refractivity contribution in [3.05, 3.63) is 35.1 Å². The van der Waals surface area contributed by atoms with Gasteiger partial charge in [0.05, 0.1) is 17.7 Å². The Bertz CT molecular complexity index is 462. The Kier molecular flexibility index (Phi) is 5.40. The number of aliphatic hydroxyl groups is 1. The van der Waals surface area contributed by atoms with Gasteiger partial charge in [0.25, 0.3) is 0 Å². The van der Waals surface area contributed by atoms with Crippen LogP contribution < -0.4 is 5.73 Å². The maximum atomic E-state index is 13.2. The number of nitrogens with two attached hydrogens (primary N) is 1. The highest BCUT2D eigenvalue weighted by Crippen LogP contribution is 2.36. The van der Waals surface area contributed by atoms with Crippen LogP contribution in [0.3, 0.4) is 0 Å². The molecule has 1 aliphatic rings. The van der Waals surface area contributed by atoms with E-state index in [0.29, 0.717) is 6.07 Å². The van der Waals surface area contributed by atoms with Crippen LogP contribution in [0.2, 0.25) is 0 Å². The van der Waals surface area contributed by atoms with Crippen LogP contribution in [0, 0.1) is 11.7 Å². The number of alkyl halides is 3. The molecule has 7 heteroatoms. The summed E-state index contributed by atoms with van der Waals surface area (Å²) in [5.41, 5.74) is 4.64. The summed E-state index contributed by atoms with van der Waals surface area (Å²) in [6.07, 6.45) is -2.98. The molecule has 0 spiro atoms. The van der Waals surface area contributed by atoms with Crippen molar-refractivity contribution in [1.29, 1.82) is 0 Å². The molecule has 2 atom stereocenters. The zero-order valence-electron chi connectivity index (χ0n) is 10.5. The third-order valence-corrected chi connectivity index (χ3v) is 3.63. The predicted octanol–water partition coefficient (Wildman–Crippen LogP) is 3.43. The van der Waals surface area contributed by atoms with Crippen molar-refractivity contribution in [1.82, 2.24) is 0 Å². The maximum Gasteiger partial charge on any atom is 0.416 e. The molecule has 0 saturated heterocycles. The van der Waals surface area contributed by atoms with E-state index in [1.807, 2.05) is 0 Å². The second-order valence-electron chi connectivity index (χ2n) is 4.98. The summed E-state index contributed by atoms with van der Waals surface area (Å²) < 4.78 is 51.0. The van der Waals surface area contributed by atoms with Crippen LogP contribution in [-0.2, 0) is 6.18 Å². The van der Waals surface area contributed by atoms with Gasteiger partial charge in [-0.1, -0.05) is 6.42 Å². The van der Waals surface area contributed by atoms with Crippen LogP contribution >= 0.6 is 12.4 Å². The van der Waals surface area contributed by atoms with E-state index in [1.165, 1.54) is 0 Å². The highest BCUT2D eigenvalue weighted by atomic mass is 35.5. The van der Waals surface area contributed by atoms with Crippen LogP contribution in [-0.4, -0.2) is 11.2 Å². The molecule has 0 aromatic heterocycles. The van der Waals surface area contributed by atoms with Crippen LogP contribution in [0.25, 0.3) is 0 Å². The molecule has 0 aliphatic heterocycles. The molecule has 0 heterocycles. The summed E-state index contributed by atoms with van der Waals surface area (Å²) in [7, 11) is 0. The normalized spacial score (nSPS) is 18.9. The summed E-state index contributed by atoms with van der Waals surface area (Å²) in [6, 6.07) is 1.17. The summed E-state index contributed by atoms with van der Waals surface area (Å²) in [5, 5.41) is 9.95. The molecular weight excluding hydrogens is 298 g/mol. The fraction of sp³-hybridized carbons (Fsp3) is 0.538. The average molecular weight is 314 g/mol. The monoisotopic (exact) mass is 313 g/mol. The Balaban J connectivity index is 0.00000200. The van der Waals surface area contributed by atoms with Crippen molar-refractivity contribution in [3.63, 3.8) is 0 Å². The molecule has 2 nitrogen and oxygen atoms in total. The van der Waals surface area contributed by atoms with Gasteiger partial charge in [-0.05, 0) is 42.5 Å². The number of aliphatic hydroxyl groups excluding tert-OH is 1. The second-order valence-corrected chi connectivity index (χ2v) is 4.98. The second kappa shape index (κ2) is 6.28. The van der Waals surface area contributed by atoms with Crippen LogP contribution in [0.4, 0.5) is 17.6 Å². The molecule has 0 radical (unpaired) electrons. The van der Waals surface area contributed by atoms with Gasteiger partial charge in [0.1, 0.15) is 5.82 Å². The first-order valence-electron chi connectivity index (χ1n) is 6.10. The zero-order chi connectivity index (χ0) is 14.2. The van der Waals surface area contributed by atoms with E-state index in [9.17, 15) is 22.7 Å². The average Bonchev–Trinajstić information content (AvgIpc) is 2.23. The minimum Gasteiger partial charge on any atom is -0.391 e. The van der Waals surface area contributed by atoms with Gasteiger partial charge in [-0.25, -0.2) is 4.39 Å². The van der Waals surface area contributed by atoms with Gasteiger partial charge in [-0.15, -0.1) is 12.4 Å². The van der Waals surface area contributed by atoms with Gasteiger partial charge in [0.2, 0.25) is 0 Å². The van der Waals surface area contributed by atoms with Crippen molar-refractivity contribution in [3.8, 4) is 0 Å². The SMILES string of the molecule is Cl.N[C@H](c1cc(F)cc(C(F)(F)F)c1)[C@@H](O)C1CCC1. The Morgan fingerprint density at radius 1 is 1.20 bits per heavy atom. The third kappa shape index (κ3) is 3.62. The molecule has 1 fully saturated rings. The molecule has 3 N–H and O–H groups in total. The molecule has 0 unspecified atom stereocenters. The molecule has 1 saturated carbocycles. The van der Waals surface area contributed by atoms with E-state index in [-0.39, 0.29) is 23.9 Å². The van der Waals surface area contributed by atoms with Crippen molar-refractivity contribution in [2.75, 3.05) is 0 Å². The van der Waals surface area contributed by atoms with E-state index >= 15 is 0 Å². The quantitative estimate of drug-likeness (QED) is 0.840. The lowest BCUT2D eigenvalue weighted by molar-refractivity contribution is -0.137. The Hall–Kier alpha value is -0.850. The van der Waals surface area contributed by atoms with E-state index in [4.69, 9.17) is 5.73 Å². The van der Waals surface area contributed by atoms with Gasteiger partial charge in [0.15, 0.2) is 0 Å². The molecule has 1 aliphatic carbocycles. The summed E-state index contributed by atoms with van der Waals surface area (Å²) in [4.78, 5) is 0. The minimum absolute atomic E-state index is 0. The van der Waals surface area contributed by atoms with Crippen molar-refractivity contribution >= 4 is 12.4 Å². The van der Waals surface area contributed by atoms with Gasteiger partial charge >= 0.3 is 6.18 Å². The van der Waals surface area contributed by atoms with Crippen molar-refractivity contribution in [2.24, 2.45) is 11.7 Å². The Morgan fingerprint density at radius 2 is 1.80 bits per heavy atom. The standard InChI is InChI=1S/C13H15F4NO.ClH/c14-10-5-8(4-9(6-10)13(15,16)17)11(18)12(19)7-2-1-3-7;/h4-7,11-12,19H,1-3,18H2;1H/t11-,12+;/m1./s1. The molecule has 1 aromatic carbocycles. The van der Waals surface area contributed by atoms with Crippen LogP contribution in [0.5, 0.6) is 0 Å². The van der Waals surface area contributed by atoms with Crippen molar-refractivity contribution in [2.45, 2.75) is 37.6 Å². The first-order chi connectivity index (χ1) is 8.79. The molecule has 0 bridgehead atoms. The van der Waals surface area contributed by atoms with E-state index < -0.39 is 29.7 Å². The first-order valence-corrected chi connectivity index (χ1v) is 6.10. The summed E-state index contributed by atoms with van der Waals surface area (Å²) >= 11 is 0. The lowest BCUT2D eigenvalue weighted by Gasteiger charge is -2.34. The highest BCUT2D eigenvalue weighted by Gasteiger charge is 2.34. The van der Waals surface area contributed by atoms with E-state index in [1.54, 1.807) is 0 Å². The number of rotatable bonds is 3. The number of benzene rings is 1. The first kappa shape index (κ1) is 17.2. The van der Waals surface area contributed by atoms with Gasteiger partial charge in [-0.3, -0.25) is 0 Å². The lowest BCUT2D eigenvalue weighted by Crippen LogP contribution is -2.36. The van der Waals surface area contributed by atoms with Gasteiger partial charge < -0.3 is 10.8 Å². The van der Waals surface area contributed by atoms with E-state index in [2.05, 4.69) is 0 Å². The van der Waals surface area contributed by atoms with Crippen LogP contribution in [0.15, 0.2) is 18.2 Å². The Labute approximate surface area is 120 Å². The third-order valence-electron chi connectivity index (χ3n) is 3.63. The topological polar surface area (TPSA) is 46.2 Å². The largest absolute Gasteiger partial charge is 0.416 e. The smallest absolute Gasteiger partial charge is 0.391 e. The van der Waals surface area contributed by atoms with Crippen LogP contribution in [0.1, 0.15) is 36.4 Å². The molecule has 1 aromatic rings. The summed E-state index contributed by atoms with van der Waals surface area (Å²) in [6.45, 7) is 0. The minimum atomic E-state index is -4.63. The van der Waals surface area contributed by atoms with E-state index in [0.717, 1.165) is 31.4 Å². The molecule has 114 valence electrons. The molecule has 2 rings (SSSR count). The Morgan fingerprint density at radius 3 is 2.25 bits per heavy atom. The van der Waals surface area contributed by atoms with Gasteiger partial charge in [-0.2, -0.15) is 13.2 Å². The number of hydrogen-bond donors (Lipinski definition) is 2. The highest BCUT2D eigenvalue weighted by molar-refractivity contribution is 5.85.